The Kier molecular flexibility index (Phi) is 7.35. The summed E-state index contributed by atoms with van der Waals surface area (Å²) in [4.78, 5) is 30.3. The zero-order valence-corrected chi connectivity index (χ0v) is 22.4. The van der Waals surface area contributed by atoms with E-state index in [1.807, 2.05) is 38.1 Å². The smallest absolute Gasteiger partial charge is 0.300 e. The number of rotatable bonds is 7. The first-order valence-electron chi connectivity index (χ1n) is 12.3. The quantitative estimate of drug-likeness (QED) is 0.256. The van der Waals surface area contributed by atoms with Gasteiger partial charge < -0.3 is 24.6 Å². The summed E-state index contributed by atoms with van der Waals surface area (Å²) in [6.07, 6.45) is 0. The Balaban J connectivity index is 1.97. The molecule has 0 aliphatic carbocycles. The van der Waals surface area contributed by atoms with Crippen LogP contribution < -0.4 is 19.3 Å². The lowest BCUT2D eigenvalue weighted by Gasteiger charge is -2.26. The number of hydrogen-bond acceptors (Lipinski definition) is 7. The number of aryl methyl sites for hydroxylation is 2. The van der Waals surface area contributed by atoms with Crippen LogP contribution >= 0.6 is 0 Å². The first-order chi connectivity index (χ1) is 18.1. The molecule has 0 radical (unpaired) electrons. The SMILES string of the molecule is CCOc1cc(C2/C(=C(\O)c3cc(C)c(OC)cc3C)C(=O)C(=O)N2c2ccc(N(C)C)cc2)ccc1O. The van der Waals surface area contributed by atoms with Crippen molar-refractivity contribution in [3.63, 3.8) is 0 Å². The van der Waals surface area contributed by atoms with Crippen LogP contribution in [0.3, 0.4) is 0 Å². The maximum absolute atomic E-state index is 13.5. The summed E-state index contributed by atoms with van der Waals surface area (Å²) in [5.74, 6) is -1.04. The van der Waals surface area contributed by atoms with Gasteiger partial charge in [0.05, 0.1) is 25.3 Å². The van der Waals surface area contributed by atoms with E-state index in [1.54, 1.807) is 57.4 Å². The number of Topliss-reactive ketones (excluding diaryl/α,β-unsaturated/α-hetero) is 1. The predicted molar refractivity (Wildman–Crippen MR) is 147 cm³/mol. The molecule has 8 heteroatoms. The lowest BCUT2D eigenvalue weighted by atomic mass is 9.92. The number of phenols is 1. The number of anilines is 2. The van der Waals surface area contributed by atoms with Gasteiger partial charge in [0.15, 0.2) is 11.5 Å². The molecule has 4 rings (SSSR count). The van der Waals surface area contributed by atoms with Crippen LogP contribution in [0, 0.1) is 13.8 Å². The maximum atomic E-state index is 13.5. The van der Waals surface area contributed by atoms with E-state index in [4.69, 9.17) is 9.47 Å². The summed E-state index contributed by atoms with van der Waals surface area (Å²) in [6.45, 7) is 5.74. The van der Waals surface area contributed by atoms with Crippen molar-refractivity contribution in [2.75, 3.05) is 37.6 Å². The van der Waals surface area contributed by atoms with Crippen molar-refractivity contribution in [1.82, 2.24) is 0 Å². The summed E-state index contributed by atoms with van der Waals surface area (Å²) in [7, 11) is 5.38. The number of phenolic OH excluding ortho intramolecular Hbond substituents is 1. The van der Waals surface area contributed by atoms with Gasteiger partial charge in [0.2, 0.25) is 0 Å². The zero-order valence-electron chi connectivity index (χ0n) is 22.4. The molecular formula is C30H32N2O6. The highest BCUT2D eigenvalue weighted by molar-refractivity contribution is 6.51. The van der Waals surface area contributed by atoms with Gasteiger partial charge in [-0.25, -0.2) is 0 Å². The Morgan fingerprint density at radius 1 is 0.974 bits per heavy atom. The number of ether oxygens (including phenoxy) is 2. The Morgan fingerprint density at radius 3 is 2.26 bits per heavy atom. The molecule has 1 aliphatic rings. The number of hydrogen-bond donors (Lipinski definition) is 2. The van der Waals surface area contributed by atoms with Crippen LogP contribution in [0.5, 0.6) is 17.2 Å². The fourth-order valence-electron chi connectivity index (χ4n) is 4.71. The van der Waals surface area contributed by atoms with Gasteiger partial charge in [-0.1, -0.05) is 6.07 Å². The van der Waals surface area contributed by atoms with Crippen LogP contribution in [0.4, 0.5) is 11.4 Å². The van der Waals surface area contributed by atoms with E-state index >= 15 is 0 Å². The van der Waals surface area contributed by atoms with E-state index in [2.05, 4.69) is 0 Å². The van der Waals surface area contributed by atoms with Crippen molar-refractivity contribution in [2.24, 2.45) is 0 Å². The van der Waals surface area contributed by atoms with E-state index < -0.39 is 17.7 Å². The highest BCUT2D eigenvalue weighted by Crippen LogP contribution is 2.45. The number of aliphatic hydroxyl groups is 1. The summed E-state index contributed by atoms with van der Waals surface area (Å²) in [5.41, 5.74) is 3.76. The molecule has 1 aliphatic heterocycles. The number of aliphatic hydroxyl groups excluding tert-OH is 1. The molecule has 1 heterocycles. The number of carbonyl (C=O) groups is 2. The van der Waals surface area contributed by atoms with Gasteiger partial charge in [-0.3, -0.25) is 14.5 Å². The average Bonchev–Trinajstić information content (AvgIpc) is 3.16. The number of aromatic hydroxyl groups is 1. The van der Waals surface area contributed by atoms with Gasteiger partial charge in [-0.2, -0.15) is 0 Å². The third kappa shape index (κ3) is 4.65. The van der Waals surface area contributed by atoms with Gasteiger partial charge in [-0.15, -0.1) is 0 Å². The van der Waals surface area contributed by atoms with E-state index in [9.17, 15) is 19.8 Å². The molecular weight excluding hydrogens is 484 g/mol. The molecule has 3 aromatic carbocycles. The van der Waals surface area contributed by atoms with Gasteiger partial charge in [0.25, 0.3) is 11.7 Å². The van der Waals surface area contributed by atoms with Crippen LogP contribution in [0.2, 0.25) is 0 Å². The number of methoxy groups -OCH3 is 1. The molecule has 0 aromatic heterocycles. The summed E-state index contributed by atoms with van der Waals surface area (Å²) in [6, 6.07) is 14.5. The fraction of sp³-hybridized carbons (Fsp3) is 0.267. The normalized spacial score (nSPS) is 16.6. The van der Waals surface area contributed by atoms with E-state index in [0.29, 0.717) is 34.7 Å². The second kappa shape index (κ2) is 10.5. The van der Waals surface area contributed by atoms with Gasteiger partial charge >= 0.3 is 0 Å². The van der Waals surface area contributed by atoms with Gasteiger partial charge in [0, 0.05) is 31.0 Å². The van der Waals surface area contributed by atoms with Crippen molar-refractivity contribution < 1.29 is 29.3 Å². The topological polar surface area (TPSA) is 99.5 Å². The first kappa shape index (κ1) is 26.6. The van der Waals surface area contributed by atoms with Crippen molar-refractivity contribution in [2.45, 2.75) is 26.8 Å². The van der Waals surface area contributed by atoms with Crippen LogP contribution in [0.15, 0.2) is 60.2 Å². The van der Waals surface area contributed by atoms with Crippen molar-refractivity contribution in [1.29, 1.82) is 0 Å². The number of nitrogens with zero attached hydrogens (tertiary/aromatic N) is 2. The molecule has 1 fully saturated rings. The predicted octanol–water partition coefficient (Wildman–Crippen LogP) is 5.11. The highest BCUT2D eigenvalue weighted by Gasteiger charge is 2.47. The number of carbonyl (C=O) groups excluding carboxylic acids is 2. The van der Waals surface area contributed by atoms with Crippen molar-refractivity contribution >= 4 is 28.8 Å². The molecule has 0 spiro atoms. The monoisotopic (exact) mass is 516 g/mol. The van der Waals surface area contributed by atoms with Crippen LogP contribution in [0.25, 0.3) is 5.76 Å². The third-order valence-electron chi connectivity index (χ3n) is 6.69. The minimum absolute atomic E-state index is 0.0486. The average molecular weight is 517 g/mol. The Hall–Kier alpha value is -4.46. The summed E-state index contributed by atoms with van der Waals surface area (Å²) in [5, 5.41) is 21.9. The highest BCUT2D eigenvalue weighted by atomic mass is 16.5. The standard InChI is InChI=1S/C30H32N2O6/c1-7-38-25-16-19(8-13-23(25)33)27-26(28(34)22-14-18(3)24(37-6)15-17(22)2)29(35)30(36)32(27)21-11-9-20(10-12-21)31(4)5/h8-16,27,33-34H,7H2,1-6H3/b28-26+. The van der Waals surface area contributed by atoms with Crippen LogP contribution in [-0.2, 0) is 9.59 Å². The summed E-state index contributed by atoms with van der Waals surface area (Å²) < 4.78 is 11.0. The van der Waals surface area contributed by atoms with Gasteiger partial charge in [-0.05, 0) is 86.0 Å². The van der Waals surface area contributed by atoms with E-state index in [-0.39, 0.29) is 22.8 Å². The number of amides is 1. The lowest BCUT2D eigenvalue weighted by molar-refractivity contribution is -0.132. The minimum atomic E-state index is -0.957. The molecule has 1 unspecified atom stereocenters. The molecule has 0 saturated carbocycles. The van der Waals surface area contributed by atoms with Crippen molar-refractivity contribution in [3.05, 3.63) is 82.4 Å². The molecule has 8 nitrogen and oxygen atoms in total. The third-order valence-corrected chi connectivity index (χ3v) is 6.69. The summed E-state index contributed by atoms with van der Waals surface area (Å²) >= 11 is 0. The molecule has 1 amide bonds. The number of ketones is 1. The zero-order chi connectivity index (χ0) is 27.7. The lowest BCUT2D eigenvalue weighted by Crippen LogP contribution is -2.29. The minimum Gasteiger partial charge on any atom is -0.507 e. The molecule has 38 heavy (non-hydrogen) atoms. The van der Waals surface area contributed by atoms with Gasteiger partial charge in [0.1, 0.15) is 11.5 Å². The van der Waals surface area contributed by atoms with Crippen molar-refractivity contribution in [3.8, 4) is 17.2 Å². The maximum Gasteiger partial charge on any atom is 0.300 e. The largest absolute Gasteiger partial charge is 0.507 e. The fourth-order valence-corrected chi connectivity index (χ4v) is 4.71. The molecule has 1 atom stereocenters. The van der Waals surface area contributed by atoms with E-state index in [1.165, 1.54) is 11.0 Å². The Morgan fingerprint density at radius 2 is 1.66 bits per heavy atom. The molecule has 3 aromatic rings. The second-order valence-electron chi connectivity index (χ2n) is 9.38. The van der Waals surface area contributed by atoms with Crippen LogP contribution in [-0.4, -0.2) is 49.7 Å². The first-order valence-corrected chi connectivity index (χ1v) is 12.3. The Labute approximate surface area is 222 Å². The second-order valence-corrected chi connectivity index (χ2v) is 9.38. The Bertz CT molecular complexity index is 1430. The molecule has 2 N–H and O–H groups in total. The molecule has 0 bridgehead atoms. The molecule has 1 saturated heterocycles. The number of benzene rings is 3. The van der Waals surface area contributed by atoms with Crippen LogP contribution in [0.1, 0.15) is 35.2 Å². The molecule has 198 valence electrons. The van der Waals surface area contributed by atoms with E-state index in [0.717, 1.165) is 11.3 Å².